The Morgan fingerprint density at radius 2 is 1.90 bits per heavy atom. The van der Waals surface area contributed by atoms with Crippen molar-refractivity contribution in [3.05, 3.63) is 30.1 Å². The Morgan fingerprint density at radius 1 is 1.29 bits per heavy atom. The molecule has 1 aromatic carbocycles. The Kier molecular flexibility index (Phi) is 6.12. The maximum absolute atomic E-state index is 12.7. The molecule has 0 spiro atoms. The van der Waals surface area contributed by atoms with Crippen molar-refractivity contribution in [3.8, 4) is 0 Å². The summed E-state index contributed by atoms with van der Waals surface area (Å²) in [6.07, 6.45) is -0.233. The summed E-state index contributed by atoms with van der Waals surface area (Å²) in [7, 11) is 1.19. The zero-order chi connectivity index (χ0) is 15.8. The van der Waals surface area contributed by atoms with E-state index in [0.717, 1.165) is 12.1 Å². The summed E-state index contributed by atoms with van der Waals surface area (Å²) in [4.78, 5) is 33.6. The highest BCUT2D eigenvalue weighted by Crippen LogP contribution is 2.08. The van der Waals surface area contributed by atoms with Crippen LogP contribution >= 0.6 is 0 Å². The minimum absolute atomic E-state index is 0.0984. The van der Waals surface area contributed by atoms with E-state index in [1.165, 1.54) is 19.2 Å². The van der Waals surface area contributed by atoms with E-state index in [2.05, 4.69) is 15.4 Å². The molecule has 0 fully saturated rings. The summed E-state index contributed by atoms with van der Waals surface area (Å²) < 4.78 is 17.1. The summed E-state index contributed by atoms with van der Waals surface area (Å²) in [5, 5.41) is 13.5. The lowest BCUT2D eigenvalue weighted by molar-refractivity contribution is -0.142. The standard InChI is InChI=1S/C13H15FN2O5/c1-21-11(17)7-6-10(12(18)19)16-13(20)15-9-4-2-8(14)3-5-9/h2-5,10H,6-7H2,1H3,(H,18,19)(H2,15,16,20)/t10-/m0/s1. The van der Waals surface area contributed by atoms with Crippen LogP contribution in [-0.2, 0) is 14.3 Å². The summed E-state index contributed by atoms with van der Waals surface area (Å²) in [5.74, 6) is -2.29. The molecule has 1 rings (SSSR count). The third-order valence-corrected chi connectivity index (χ3v) is 2.57. The highest BCUT2D eigenvalue weighted by Gasteiger charge is 2.21. The lowest BCUT2D eigenvalue weighted by Crippen LogP contribution is -2.43. The number of benzene rings is 1. The van der Waals surface area contributed by atoms with Gasteiger partial charge in [-0.2, -0.15) is 0 Å². The molecule has 0 aliphatic carbocycles. The second-order valence-corrected chi connectivity index (χ2v) is 4.11. The van der Waals surface area contributed by atoms with Crippen molar-refractivity contribution in [2.24, 2.45) is 0 Å². The first kappa shape index (κ1) is 16.4. The van der Waals surface area contributed by atoms with Gasteiger partial charge in [0.1, 0.15) is 11.9 Å². The predicted molar refractivity (Wildman–Crippen MR) is 71.2 cm³/mol. The van der Waals surface area contributed by atoms with Crippen molar-refractivity contribution in [2.45, 2.75) is 18.9 Å². The number of aliphatic carboxylic acids is 1. The number of amides is 2. The molecule has 0 radical (unpaired) electrons. The molecule has 1 aromatic rings. The van der Waals surface area contributed by atoms with Gasteiger partial charge in [0.2, 0.25) is 0 Å². The number of halogens is 1. The van der Waals surface area contributed by atoms with Crippen LogP contribution in [0.3, 0.4) is 0 Å². The molecule has 0 heterocycles. The van der Waals surface area contributed by atoms with Gasteiger partial charge in [0.25, 0.3) is 0 Å². The van der Waals surface area contributed by atoms with Crippen molar-refractivity contribution < 1.29 is 28.6 Å². The van der Waals surface area contributed by atoms with Crippen LogP contribution in [-0.4, -0.2) is 36.2 Å². The SMILES string of the molecule is COC(=O)CC[C@H](NC(=O)Nc1ccc(F)cc1)C(=O)O. The monoisotopic (exact) mass is 298 g/mol. The third-order valence-electron chi connectivity index (χ3n) is 2.57. The second-order valence-electron chi connectivity index (χ2n) is 4.11. The van der Waals surface area contributed by atoms with Gasteiger partial charge in [0.05, 0.1) is 7.11 Å². The highest BCUT2D eigenvalue weighted by molar-refractivity contribution is 5.92. The van der Waals surface area contributed by atoms with Gasteiger partial charge in [-0.3, -0.25) is 4.79 Å². The number of esters is 1. The molecule has 8 heteroatoms. The van der Waals surface area contributed by atoms with E-state index in [0.29, 0.717) is 5.69 Å². The molecule has 21 heavy (non-hydrogen) atoms. The number of nitrogens with one attached hydrogen (secondary N) is 2. The van der Waals surface area contributed by atoms with Crippen molar-refractivity contribution in [1.82, 2.24) is 5.32 Å². The molecule has 3 N–H and O–H groups in total. The quantitative estimate of drug-likeness (QED) is 0.688. The van der Waals surface area contributed by atoms with Crippen LogP contribution in [0.4, 0.5) is 14.9 Å². The van der Waals surface area contributed by atoms with E-state index < -0.39 is 29.8 Å². The minimum Gasteiger partial charge on any atom is -0.480 e. The summed E-state index contributed by atoms with van der Waals surface area (Å²) in [5.41, 5.74) is 0.311. The van der Waals surface area contributed by atoms with E-state index >= 15 is 0 Å². The number of carboxylic acid groups (broad SMARTS) is 1. The zero-order valence-electron chi connectivity index (χ0n) is 11.3. The molecule has 0 saturated heterocycles. The molecule has 114 valence electrons. The number of hydrogen-bond donors (Lipinski definition) is 3. The van der Waals surface area contributed by atoms with E-state index in [9.17, 15) is 18.8 Å². The Morgan fingerprint density at radius 3 is 2.43 bits per heavy atom. The molecule has 0 aromatic heterocycles. The topological polar surface area (TPSA) is 105 Å². The number of carbonyl (C=O) groups is 3. The van der Waals surface area contributed by atoms with E-state index in [1.54, 1.807) is 0 Å². The van der Waals surface area contributed by atoms with Crippen LogP contribution in [0.25, 0.3) is 0 Å². The molecule has 7 nitrogen and oxygen atoms in total. The van der Waals surface area contributed by atoms with Gasteiger partial charge in [-0.25, -0.2) is 14.0 Å². The van der Waals surface area contributed by atoms with E-state index in [-0.39, 0.29) is 12.8 Å². The molecule has 0 unspecified atom stereocenters. The van der Waals surface area contributed by atoms with Crippen molar-refractivity contribution in [2.75, 3.05) is 12.4 Å². The number of ether oxygens (including phenoxy) is 1. The Balaban J connectivity index is 2.54. The van der Waals surface area contributed by atoms with Crippen LogP contribution in [0.1, 0.15) is 12.8 Å². The first-order valence-electron chi connectivity index (χ1n) is 6.05. The van der Waals surface area contributed by atoms with Crippen molar-refractivity contribution in [1.29, 1.82) is 0 Å². The van der Waals surface area contributed by atoms with Crippen LogP contribution in [0.2, 0.25) is 0 Å². The second kappa shape index (κ2) is 7.83. The molecule has 0 saturated carbocycles. The smallest absolute Gasteiger partial charge is 0.326 e. The Hall–Kier alpha value is -2.64. The highest BCUT2D eigenvalue weighted by atomic mass is 19.1. The number of hydrogen-bond acceptors (Lipinski definition) is 4. The molecular formula is C13H15FN2O5. The molecule has 0 aliphatic rings. The fraction of sp³-hybridized carbons (Fsp3) is 0.308. The minimum atomic E-state index is -1.27. The summed E-state index contributed by atoms with van der Waals surface area (Å²) in [6.45, 7) is 0. The number of methoxy groups -OCH3 is 1. The zero-order valence-corrected chi connectivity index (χ0v) is 11.3. The fourth-order valence-corrected chi connectivity index (χ4v) is 1.48. The largest absolute Gasteiger partial charge is 0.480 e. The Labute approximate surface area is 120 Å². The number of carbonyl (C=O) groups excluding carboxylic acids is 2. The maximum Gasteiger partial charge on any atom is 0.326 e. The molecule has 2 amide bonds. The first-order valence-corrected chi connectivity index (χ1v) is 6.05. The van der Waals surface area contributed by atoms with Crippen LogP contribution in [0, 0.1) is 5.82 Å². The first-order chi connectivity index (χ1) is 9.92. The van der Waals surface area contributed by atoms with E-state index in [4.69, 9.17) is 5.11 Å². The van der Waals surface area contributed by atoms with Gasteiger partial charge >= 0.3 is 18.0 Å². The van der Waals surface area contributed by atoms with Gasteiger partial charge in [-0.1, -0.05) is 0 Å². The fourth-order valence-electron chi connectivity index (χ4n) is 1.48. The average Bonchev–Trinajstić information content (AvgIpc) is 2.45. The van der Waals surface area contributed by atoms with E-state index in [1.807, 2.05) is 0 Å². The van der Waals surface area contributed by atoms with Gasteiger partial charge < -0.3 is 20.5 Å². The molecule has 1 atom stereocenters. The van der Waals surface area contributed by atoms with Crippen molar-refractivity contribution >= 4 is 23.7 Å². The molecule has 0 aliphatic heterocycles. The van der Waals surface area contributed by atoms with Crippen LogP contribution in [0.5, 0.6) is 0 Å². The Bertz CT molecular complexity index is 518. The number of rotatable bonds is 6. The lowest BCUT2D eigenvalue weighted by atomic mass is 10.1. The number of anilines is 1. The third kappa shape index (κ3) is 5.89. The molecular weight excluding hydrogens is 283 g/mol. The molecule has 0 bridgehead atoms. The normalized spacial score (nSPS) is 11.3. The van der Waals surface area contributed by atoms with Crippen LogP contribution in [0.15, 0.2) is 24.3 Å². The van der Waals surface area contributed by atoms with Crippen LogP contribution < -0.4 is 10.6 Å². The van der Waals surface area contributed by atoms with Gasteiger partial charge in [-0.15, -0.1) is 0 Å². The van der Waals surface area contributed by atoms with Gasteiger partial charge in [0, 0.05) is 12.1 Å². The summed E-state index contributed by atoms with van der Waals surface area (Å²) in [6, 6.07) is 2.98. The average molecular weight is 298 g/mol. The maximum atomic E-state index is 12.7. The predicted octanol–water partition coefficient (Wildman–Crippen LogP) is 1.35. The van der Waals surface area contributed by atoms with Crippen molar-refractivity contribution in [3.63, 3.8) is 0 Å². The lowest BCUT2D eigenvalue weighted by Gasteiger charge is -2.14. The number of urea groups is 1. The van der Waals surface area contributed by atoms with Gasteiger partial charge in [-0.05, 0) is 30.7 Å². The summed E-state index contributed by atoms with van der Waals surface area (Å²) >= 11 is 0. The van der Waals surface area contributed by atoms with Gasteiger partial charge in [0.15, 0.2) is 0 Å². The number of carboxylic acids is 1.